The van der Waals surface area contributed by atoms with Gasteiger partial charge in [-0.25, -0.2) is 0 Å². The summed E-state index contributed by atoms with van der Waals surface area (Å²) in [5.74, 6) is 2.53. The SMILES string of the molecule is CC1CCC(C)C(CCO)C1. The molecule has 0 heterocycles. The summed E-state index contributed by atoms with van der Waals surface area (Å²) in [5, 5.41) is 8.82. The van der Waals surface area contributed by atoms with Crippen molar-refractivity contribution in [1.29, 1.82) is 0 Å². The average molecular weight is 156 g/mol. The standard InChI is InChI=1S/C10H20O/c1-8-3-4-9(2)10(7-8)5-6-11/h8-11H,3-7H2,1-2H3. The molecule has 0 aromatic heterocycles. The van der Waals surface area contributed by atoms with Crippen molar-refractivity contribution in [1.82, 2.24) is 0 Å². The third-order valence-corrected chi connectivity index (χ3v) is 3.12. The van der Waals surface area contributed by atoms with Gasteiger partial charge in [0.2, 0.25) is 0 Å². The molecule has 1 aliphatic carbocycles. The lowest BCUT2D eigenvalue weighted by Gasteiger charge is -2.32. The molecule has 0 aliphatic heterocycles. The molecule has 1 aliphatic rings. The summed E-state index contributed by atoms with van der Waals surface area (Å²) >= 11 is 0. The first kappa shape index (κ1) is 9.05. The fourth-order valence-electron chi connectivity index (χ4n) is 2.22. The maximum atomic E-state index is 8.82. The zero-order valence-electron chi connectivity index (χ0n) is 7.71. The number of aliphatic hydroxyl groups is 1. The van der Waals surface area contributed by atoms with Crippen LogP contribution in [0.3, 0.4) is 0 Å². The molecular formula is C10H20O. The van der Waals surface area contributed by atoms with Gasteiger partial charge in [-0.3, -0.25) is 0 Å². The van der Waals surface area contributed by atoms with Crippen molar-refractivity contribution in [3.63, 3.8) is 0 Å². The molecule has 1 fully saturated rings. The largest absolute Gasteiger partial charge is 0.396 e. The molecule has 0 spiro atoms. The minimum Gasteiger partial charge on any atom is -0.396 e. The van der Waals surface area contributed by atoms with Crippen LogP contribution in [0.2, 0.25) is 0 Å². The van der Waals surface area contributed by atoms with Gasteiger partial charge in [0.05, 0.1) is 0 Å². The zero-order valence-corrected chi connectivity index (χ0v) is 7.71. The molecule has 1 N–H and O–H groups in total. The maximum absolute atomic E-state index is 8.82. The van der Waals surface area contributed by atoms with E-state index in [1.165, 1.54) is 19.3 Å². The lowest BCUT2D eigenvalue weighted by Crippen LogP contribution is -2.22. The molecule has 0 aromatic carbocycles. The van der Waals surface area contributed by atoms with Crippen LogP contribution in [-0.2, 0) is 0 Å². The third-order valence-electron chi connectivity index (χ3n) is 3.12. The predicted molar refractivity (Wildman–Crippen MR) is 47.4 cm³/mol. The van der Waals surface area contributed by atoms with E-state index >= 15 is 0 Å². The van der Waals surface area contributed by atoms with Crippen LogP contribution in [0, 0.1) is 17.8 Å². The summed E-state index contributed by atoms with van der Waals surface area (Å²) < 4.78 is 0. The average Bonchev–Trinajstić information content (AvgIpc) is 1.98. The molecule has 1 rings (SSSR count). The highest BCUT2D eigenvalue weighted by atomic mass is 16.3. The predicted octanol–water partition coefficient (Wildman–Crippen LogP) is 2.44. The van der Waals surface area contributed by atoms with Gasteiger partial charge in [-0.1, -0.05) is 26.7 Å². The first-order chi connectivity index (χ1) is 5.24. The summed E-state index contributed by atoms with van der Waals surface area (Å²) in [7, 11) is 0. The monoisotopic (exact) mass is 156 g/mol. The van der Waals surface area contributed by atoms with E-state index in [0.29, 0.717) is 6.61 Å². The second-order valence-electron chi connectivity index (χ2n) is 4.17. The lowest BCUT2D eigenvalue weighted by molar-refractivity contribution is 0.157. The van der Waals surface area contributed by atoms with E-state index in [2.05, 4.69) is 13.8 Å². The molecular weight excluding hydrogens is 136 g/mol. The van der Waals surface area contributed by atoms with Gasteiger partial charge in [0.1, 0.15) is 0 Å². The van der Waals surface area contributed by atoms with Gasteiger partial charge >= 0.3 is 0 Å². The first-order valence-corrected chi connectivity index (χ1v) is 4.85. The Morgan fingerprint density at radius 1 is 1.27 bits per heavy atom. The Morgan fingerprint density at radius 3 is 2.64 bits per heavy atom. The van der Waals surface area contributed by atoms with Gasteiger partial charge in [0.15, 0.2) is 0 Å². The fourth-order valence-corrected chi connectivity index (χ4v) is 2.22. The Morgan fingerprint density at radius 2 is 2.00 bits per heavy atom. The van der Waals surface area contributed by atoms with Crippen molar-refractivity contribution < 1.29 is 5.11 Å². The molecule has 1 saturated carbocycles. The van der Waals surface area contributed by atoms with Crippen molar-refractivity contribution in [3.05, 3.63) is 0 Å². The maximum Gasteiger partial charge on any atom is 0.0433 e. The van der Waals surface area contributed by atoms with E-state index < -0.39 is 0 Å². The van der Waals surface area contributed by atoms with E-state index in [9.17, 15) is 0 Å². The topological polar surface area (TPSA) is 20.2 Å². The minimum absolute atomic E-state index is 0.377. The second-order valence-corrected chi connectivity index (χ2v) is 4.17. The number of hydrogen-bond acceptors (Lipinski definition) is 1. The molecule has 1 heteroatoms. The van der Waals surface area contributed by atoms with Crippen LogP contribution < -0.4 is 0 Å². The van der Waals surface area contributed by atoms with E-state index in [1.54, 1.807) is 0 Å². The lowest BCUT2D eigenvalue weighted by atomic mass is 9.74. The van der Waals surface area contributed by atoms with Crippen LogP contribution >= 0.6 is 0 Å². The molecule has 0 amide bonds. The van der Waals surface area contributed by atoms with Crippen LogP contribution in [0.1, 0.15) is 39.5 Å². The van der Waals surface area contributed by atoms with Crippen LogP contribution in [0.25, 0.3) is 0 Å². The highest BCUT2D eigenvalue weighted by molar-refractivity contribution is 4.75. The molecule has 66 valence electrons. The van der Waals surface area contributed by atoms with E-state index in [-0.39, 0.29) is 0 Å². The normalized spacial score (nSPS) is 39.0. The summed E-state index contributed by atoms with van der Waals surface area (Å²) in [5.41, 5.74) is 0. The van der Waals surface area contributed by atoms with Gasteiger partial charge in [-0.15, -0.1) is 0 Å². The Balaban J connectivity index is 2.34. The van der Waals surface area contributed by atoms with Gasteiger partial charge in [-0.2, -0.15) is 0 Å². The van der Waals surface area contributed by atoms with Crippen molar-refractivity contribution in [2.45, 2.75) is 39.5 Å². The molecule has 0 bridgehead atoms. The van der Waals surface area contributed by atoms with Crippen molar-refractivity contribution >= 4 is 0 Å². The summed E-state index contributed by atoms with van der Waals surface area (Å²) in [6, 6.07) is 0. The van der Waals surface area contributed by atoms with Crippen LogP contribution in [0.4, 0.5) is 0 Å². The molecule has 3 unspecified atom stereocenters. The molecule has 11 heavy (non-hydrogen) atoms. The van der Waals surface area contributed by atoms with Crippen molar-refractivity contribution in [2.75, 3.05) is 6.61 Å². The fraction of sp³-hybridized carbons (Fsp3) is 1.00. The highest BCUT2D eigenvalue weighted by Crippen LogP contribution is 2.34. The van der Waals surface area contributed by atoms with Gasteiger partial charge in [-0.05, 0) is 30.6 Å². The van der Waals surface area contributed by atoms with Crippen LogP contribution in [0.5, 0.6) is 0 Å². The molecule has 1 nitrogen and oxygen atoms in total. The van der Waals surface area contributed by atoms with Crippen LogP contribution in [0.15, 0.2) is 0 Å². The summed E-state index contributed by atoms with van der Waals surface area (Å²) in [6.45, 7) is 5.03. The Bertz CT molecular complexity index is 111. The quantitative estimate of drug-likeness (QED) is 0.651. The zero-order chi connectivity index (χ0) is 8.27. The van der Waals surface area contributed by atoms with E-state index in [0.717, 1.165) is 24.2 Å². The first-order valence-electron chi connectivity index (χ1n) is 4.85. The molecule has 0 aromatic rings. The van der Waals surface area contributed by atoms with Crippen molar-refractivity contribution in [2.24, 2.45) is 17.8 Å². The summed E-state index contributed by atoms with van der Waals surface area (Å²) in [6.07, 6.45) is 5.11. The van der Waals surface area contributed by atoms with E-state index in [4.69, 9.17) is 5.11 Å². The summed E-state index contributed by atoms with van der Waals surface area (Å²) in [4.78, 5) is 0. The third kappa shape index (κ3) is 2.48. The van der Waals surface area contributed by atoms with Gasteiger partial charge < -0.3 is 5.11 Å². The van der Waals surface area contributed by atoms with Gasteiger partial charge in [0, 0.05) is 6.61 Å². The highest BCUT2D eigenvalue weighted by Gasteiger charge is 2.24. The molecule has 0 saturated heterocycles. The number of aliphatic hydroxyl groups excluding tert-OH is 1. The Hall–Kier alpha value is -0.0400. The van der Waals surface area contributed by atoms with Crippen molar-refractivity contribution in [3.8, 4) is 0 Å². The second kappa shape index (κ2) is 4.10. The van der Waals surface area contributed by atoms with Crippen LogP contribution in [-0.4, -0.2) is 11.7 Å². The van der Waals surface area contributed by atoms with E-state index in [1.807, 2.05) is 0 Å². The minimum atomic E-state index is 0.377. The Labute approximate surface area is 69.8 Å². The Kier molecular flexibility index (Phi) is 3.38. The van der Waals surface area contributed by atoms with Gasteiger partial charge in [0.25, 0.3) is 0 Å². The molecule has 0 radical (unpaired) electrons. The smallest absolute Gasteiger partial charge is 0.0433 e. The molecule has 3 atom stereocenters. The number of rotatable bonds is 2. The number of hydrogen-bond donors (Lipinski definition) is 1.